The molecule has 1 unspecified atom stereocenters. The lowest BCUT2D eigenvalue weighted by Gasteiger charge is -2.30. The van der Waals surface area contributed by atoms with Gasteiger partial charge in [0.25, 0.3) is 5.91 Å². The summed E-state index contributed by atoms with van der Waals surface area (Å²) < 4.78 is 5.45. The SMILES string of the molecule is O=C(CN1CCOCC(O)(CNC(=O)c2ccn[nH]2)C1)Nc1nccs1. The normalized spacial score (nSPS) is 21.1. The van der Waals surface area contributed by atoms with Gasteiger partial charge in [-0.15, -0.1) is 11.3 Å². The van der Waals surface area contributed by atoms with Gasteiger partial charge < -0.3 is 20.5 Å². The lowest BCUT2D eigenvalue weighted by atomic mass is 10.0. The van der Waals surface area contributed by atoms with E-state index >= 15 is 0 Å². The molecule has 3 heterocycles. The Morgan fingerprint density at radius 1 is 1.46 bits per heavy atom. The molecule has 0 bridgehead atoms. The molecule has 10 nitrogen and oxygen atoms in total. The average Bonchev–Trinajstić information content (AvgIpc) is 3.27. The highest BCUT2D eigenvalue weighted by Crippen LogP contribution is 2.13. The maximum atomic E-state index is 12.1. The van der Waals surface area contributed by atoms with Crippen LogP contribution in [0.4, 0.5) is 5.13 Å². The van der Waals surface area contributed by atoms with Crippen LogP contribution >= 0.6 is 11.3 Å². The number of carbonyl (C=O) groups excluding carboxylic acids is 2. The summed E-state index contributed by atoms with van der Waals surface area (Å²) in [4.78, 5) is 29.9. The van der Waals surface area contributed by atoms with E-state index in [0.717, 1.165) is 0 Å². The summed E-state index contributed by atoms with van der Waals surface area (Å²) in [6.07, 6.45) is 3.09. The third-order valence-corrected chi connectivity index (χ3v) is 4.50. The van der Waals surface area contributed by atoms with Gasteiger partial charge in [-0.05, 0) is 6.07 Å². The Labute approximate surface area is 153 Å². The van der Waals surface area contributed by atoms with E-state index in [-0.39, 0.29) is 38.1 Å². The van der Waals surface area contributed by atoms with Crippen molar-refractivity contribution in [3.05, 3.63) is 29.5 Å². The monoisotopic (exact) mass is 380 g/mol. The first-order valence-corrected chi connectivity index (χ1v) is 8.91. The van der Waals surface area contributed by atoms with Gasteiger partial charge in [-0.25, -0.2) is 4.98 Å². The van der Waals surface area contributed by atoms with E-state index in [9.17, 15) is 14.7 Å². The van der Waals surface area contributed by atoms with Crippen molar-refractivity contribution in [2.75, 3.05) is 44.7 Å². The number of H-pyrrole nitrogens is 1. The van der Waals surface area contributed by atoms with Crippen LogP contribution in [0.1, 0.15) is 10.5 Å². The zero-order chi connectivity index (χ0) is 18.4. The van der Waals surface area contributed by atoms with Gasteiger partial charge in [0.15, 0.2) is 5.13 Å². The van der Waals surface area contributed by atoms with Gasteiger partial charge in [-0.3, -0.25) is 19.6 Å². The standard InChI is InChI=1S/C15H20N6O4S/c22-12(19-14-16-3-6-26-14)7-21-4-5-25-10-15(24,9-21)8-17-13(23)11-1-2-18-20-11/h1-3,6,24H,4-5,7-10H2,(H,17,23)(H,18,20)(H,16,19,22). The fourth-order valence-corrected chi connectivity index (χ4v) is 3.15. The number of carbonyl (C=O) groups is 2. The van der Waals surface area contributed by atoms with Gasteiger partial charge in [-0.2, -0.15) is 5.10 Å². The number of hydrogen-bond donors (Lipinski definition) is 4. The molecule has 1 aliphatic heterocycles. The van der Waals surface area contributed by atoms with Crippen molar-refractivity contribution in [2.45, 2.75) is 5.60 Å². The zero-order valence-electron chi connectivity index (χ0n) is 14.0. The van der Waals surface area contributed by atoms with Crippen molar-refractivity contribution < 1.29 is 19.4 Å². The van der Waals surface area contributed by atoms with Crippen LogP contribution in [0.15, 0.2) is 23.8 Å². The zero-order valence-corrected chi connectivity index (χ0v) is 14.8. The summed E-state index contributed by atoms with van der Waals surface area (Å²) in [5.74, 6) is -0.584. The number of aromatic nitrogens is 3. The number of rotatable bonds is 6. The van der Waals surface area contributed by atoms with Crippen molar-refractivity contribution in [1.82, 2.24) is 25.4 Å². The molecule has 4 N–H and O–H groups in total. The summed E-state index contributed by atoms with van der Waals surface area (Å²) in [6, 6.07) is 1.54. The van der Waals surface area contributed by atoms with E-state index in [4.69, 9.17) is 4.74 Å². The summed E-state index contributed by atoms with van der Waals surface area (Å²) in [6.45, 7) is 1.25. The summed E-state index contributed by atoms with van der Waals surface area (Å²) in [5, 5.41) is 24.7. The van der Waals surface area contributed by atoms with Gasteiger partial charge in [0.1, 0.15) is 11.3 Å². The number of aliphatic hydroxyl groups is 1. The third-order valence-electron chi connectivity index (χ3n) is 3.81. The largest absolute Gasteiger partial charge is 0.384 e. The number of β-amino-alcohol motifs (C(OH)–C–C–N with tert-alkyl or cyclic N) is 1. The maximum Gasteiger partial charge on any atom is 0.269 e. The third kappa shape index (κ3) is 5.08. The highest BCUT2D eigenvalue weighted by molar-refractivity contribution is 7.13. The Morgan fingerprint density at radius 2 is 2.35 bits per heavy atom. The average molecular weight is 380 g/mol. The first-order chi connectivity index (χ1) is 12.5. The second kappa shape index (κ2) is 8.36. The maximum absolute atomic E-state index is 12.1. The molecule has 26 heavy (non-hydrogen) atoms. The lowest BCUT2D eigenvalue weighted by molar-refractivity contribution is -0.117. The van der Waals surface area contributed by atoms with E-state index in [2.05, 4.69) is 25.8 Å². The Kier molecular flexibility index (Phi) is 5.93. The molecule has 11 heteroatoms. The fourth-order valence-electron chi connectivity index (χ4n) is 2.61. The van der Waals surface area contributed by atoms with Crippen LogP contribution < -0.4 is 10.6 Å². The molecular weight excluding hydrogens is 360 g/mol. The number of aromatic amines is 1. The molecule has 2 amide bonds. The quantitative estimate of drug-likeness (QED) is 0.521. The second-order valence-corrected chi connectivity index (χ2v) is 6.92. The van der Waals surface area contributed by atoms with Crippen LogP contribution in [0.3, 0.4) is 0 Å². The van der Waals surface area contributed by atoms with Crippen LogP contribution in [0.5, 0.6) is 0 Å². The number of nitrogens with zero attached hydrogens (tertiary/aromatic N) is 3. The Morgan fingerprint density at radius 3 is 3.08 bits per heavy atom. The lowest BCUT2D eigenvalue weighted by Crippen LogP contribution is -2.53. The molecule has 1 aliphatic rings. The predicted molar refractivity (Wildman–Crippen MR) is 93.9 cm³/mol. The summed E-state index contributed by atoms with van der Waals surface area (Å²) in [5.41, 5.74) is -0.990. The predicted octanol–water partition coefficient (Wildman–Crippen LogP) is -0.702. The van der Waals surface area contributed by atoms with E-state index in [1.165, 1.54) is 23.6 Å². The highest BCUT2D eigenvalue weighted by atomic mass is 32.1. The Bertz CT molecular complexity index is 723. The molecule has 3 rings (SSSR count). The molecule has 140 valence electrons. The molecule has 1 fully saturated rings. The first-order valence-electron chi connectivity index (χ1n) is 8.03. The minimum atomic E-state index is -1.30. The van der Waals surface area contributed by atoms with E-state index in [0.29, 0.717) is 24.0 Å². The molecule has 0 aliphatic carbocycles. The smallest absolute Gasteiger partial charge is 0.269 e. The Hall–Kier alpha value is -2.34. The first kappa shape index (κ1) is 18.5. The number of amides is 2. The molecule has 0 saturated carbocycles. The van der Waals surface area contributed by atoms with Crippen LogP contribution in [-0.4, -0.2) is 82.0 Å². The van der Waals surface area contributed by atoms with Crippen molar-refractivity contribution in [1.29, 1.82) is 0 Å². The van der Waals surface area contributed by atoms with Crippen molar-refractivity contribution in [2.24, 2.45) is 0 Å². The van der Waals surface area contributed by atoms with Gasteiger partial charge >= 0.3 is 0 Å². The van der Waals surface area contributed by atoms with Gasteiger partial charge in [0, 0.05) is 30.9 Å². The van der Waals surface area contributed by atoms with Crippen LogP contribution in [0.2, 0.25) is 0 Å². The van der Waals surface area contributed by atoms with Gasteiger partial charge in [0.05, 0.1) is 26.3 Å². The van der Waals surface area contributed by atoms with Gasteiger partial charge in [0.2, 0.25) is 5.91 Å². The molecule has 1 atom stereocenters. The number of nitrogens with one attached hydrogen (secondary N) is 3. The summed E-state index contributed by atoms with van der Waals surface area (Å²) in [7, 11) is 0. The molecule has 2 aromatic rings. The molecular formula is C15H20N6O4S. The number of ether oxygens (including phenoxy) is 1. The van der Waals surface area contributed by atoms with Gasteiger partial charge in [-0.1, -0.05) is 0 Å². The molecule has 0 spiro atoms. The summed E-state index contributed by atoms with van der Waals surface area (Å²) >= 11 is 1.34. The number of thiazole rings is 1. The van der Waals surface area contributed by atoms with E-state index < -0.39 is 5.60 Å². The van der Waals surface area contributed by atoms with E-state index in [1.54, 1.807) is 16.5 Å². The molecule has 2 aromatic heterocycles. The van der Waals surface area contributed by atoms with Crippen LogP contribution in [0, 0.1) is 0 Å². The Balaban J connectivity index is 1.53. The van der Waals surface area contributed by atoms with Crippen molar-refractivity contribution in [3.8, 4) is 0 Å². The van der Waals surface area contributed by atoms with Crippen molar-refractivity contribution >= 4 is 28.3 Å². The fraction of sp³-hybridized carbons (Fsp3) is 0.467. The molecule has 0 radical (unpaired) electrons. The second-order valence-electron chi connectivity index (χ2n) is 6.03. The minimum Gasteiger partial charge on any atom is -0.384 e. The van der Waals surface area contributed by atoms with Crippen molar-refractivity contribution in [3.63, 3.8) is 0 Å². The highest BCUT2D eigenvalue weighted by Gasteiger charge is 2.33. The van der Waals surface area contributed by atoms with Crippen LogP contribution in [-0.2, 0) is 9.53 Å². The molecule has 0 aromatic carbocycles. The number of anilines is 1. The van der Waals surface area contributed by atoms with Crippen LogP contribution in [0.25, 0.3) is 0 Å². The van der Waals surface area contributed by atoms with E-state index in [1.807, 2.05) is 0 Å². The number of hydrogen-bond acceptors (Lipinski definition) is 8. The molecule has 1 saturated heterocycles. The topological polar surface area (TPSA) is 132 Å². The minimum absolute atomic E-state index is 0.00451.